The molecule has 1 saturated heterocycles. The van der Waals surface area contributed by atoms with E-state index in [0.717, 1.165) is 0 Å². The lowest BCUT2D eigenvalue weighted by molar-refractivity contribution is -0.136. The number of halogens is 1. The van der Waals surface area contributed by atoms with E-state index in [1.165, 1.54) is 0 Å². The first-order valence-electron chi connectivity index (χ1n) is 8.58. The fourth-order valence-electron chi connectivity index (χ4n) is 2.38. The molecule has 1 aromatic carbocycles. The molecule has 138 valence electrons. The normalized spacial score (nSPS) is 18.7. The third-order valence-electron chi connectivity index (χ3n) is 4.70. The predicted molar refractivity (Wildman–Crippen MR) is 99.7 cm³/mol. The molecule has 6 heteroatoms. The Balaban J connectivity index is 2.26. The monoisotopic (exact) mass is 358 g/mol. The zero-order valence-corrected chi connectivity index (χ0v) is 16.1. The lowest BCUT2D eigenvalue weighted by atomic mass is 9.83. The average Bonchev–Trinajstić information content (AvgIpc) is 2.80. The van der Waals surface area contributed by atoms with Gasteiger partial charge in [0.1, 0.15) is 5.73 Å². The van der Waals surface area contributed by atoms with Crippen LogP contribution in [0, 0.1) is 11.8 Å². The van der Waals surface area contributed by atoms with Crippen LogP contribution in [-0.4, -0.2) is 30.9 Å². The second-order valence-electron chi connectivity index (χ2n) is 7.11. The van der Waals surface area contributed by atoms with E-state index in [9.17, 15) is 9.18 Å². The number of hydrogen-bond acceptors (Lipinski definition) is 4. The summed E-state index contributed by atoms with van der Waals surface area (Å²) in [7, 11) is -1.05. The molecule has 1 aliphatic rings. The summed E-state index contributed by atoms with van der Waals surface area (Å²) in [6.07, 6.45) is 0. The number of hydrogen-bond donors (Lipinski definition) is 0. The van der Waals surface area contributed by atoms with Gasteiger partial charge in [0.25, 0.3) is 0 Å². The van der Waals surface area contributed by atoms with E-state index < -0.39 is 30.0 Å². The summed E-state index contributed by atoms with van der Waals surface area (Å²) in [4.78, 5) is 11.3. The molecule has 0 N–H and O–H groups in total. The van der Waals surface area contributed by atoms with Gasteiger partial charge in [-0.25, -0.2) is 9.18 Å². The fraction of sp³-hybridized carbons (Fsp3) is 0.450. The van der Waals surface area contributed by atoms with Crippen LogP contribution in [0.1, 0.15) is 52.7 Å². The number of esters is 1. The predicted octanol–water partition coefficient (Wildman–Crippen LogP) is 3.93. The van der Waals surface area contributed by atoms with Gasteiger partial charge in [0.2, 0.25) is 0 Å². The minimum absolute atomic E-state index is 0.273. The van der Waals surface area contributed by atoms with E-state index in [1.54, 1.807) is 38.1 Å². The molecule has 0 aromatic heterocycles. The fourth-order valence-corrected chi connectivity index (χ4v) is 2.38. The molecule has 0 aliphatic carbocycles. The van der Waals surface area contributed by atoms with Crippen molar-refractivity contribution in [2.75, 3.05) is 6.61 Å². The van der Waals surface area contributed by atoms with Crippen LogP contribution in [0.25, 0.3) is 5.57 Å². The Labute approximate surface area is 154 Å². The second kappa shape index (κ2) is 7.65. The molecule has 1 aliphatic heterocycles. The summed E-state index contributed by atoms with van der Waals surface area (Å²) in [6, 6.07) is 6.99. The number of rotatable bonds is 3. The van der Waals surface area contributed by atoms with Gasteiger partial charge in [-0.2, -0.15) is 0 Å². The van der Waals surface area contributed by atoms with Crippen molar-refractivity contribution in [2.24, 2.45) is 0 Å². The van der Waals surface area contributed by atoms with Crippen LogP contribution >= 0.6 is 0 Å². The van der Waals surface area contributed by atoms with Crippen LogP contribution in [0.3, 0.4) is 0 Å². The summed E-state index contributed by atoms with van der Waals surface area (Å²) in [5.74, 6) is 4.54. The van der Waals surface area contributed by atoms with Crippen LogP contribution in [-0.2, 0) is 18.8 Å². The lowest BCUT2D eigenvalue weighted by Gasteiger charge is -2.32. The van der Waals surface area contributed by atoms with Crippen LogP contribution in [0.15, 0.2) is 30.0 Å². The molecule has 1 aromatic rings. The summed E-state index contributed by atoms with van der Waals surface area (Å²) in [5.41, 5.74) is -0.0447. The van der Waals surface area contributed by atoms with Gasteiger partial charge < -0.3 is 14.0 Å². The zero-order valence-electron chi connectivity index (χ0n) is 16.1. The molecule has 0 amide bonds. The quantitative estimate of drug-likeness (QED) is 0.467. The highest BCUT2D eigenvalue weighted by atomic mass is 19.1. The van der Waals surface area contributed by atoms with Crippen molar-refractivity contribution in [3.63, 3.8) is 0 Å². The second-order valence-corrected chi connectivity index (χ2v) is 7.11. The molecule has 2 rings (SSSR count). The van der Waals surface area contributed by atoms with Crippen LogP contribution in [0.4, 0.5) is 4.39 Å². The number of carbonyl (C=O) groups excluding carboxylic acids is 1. The first kappa shape index (κ1) is 20.2. The van der Waals surface area contributed by atoms with Crippen molar-refractivity contribution in [1.82, 2.24) is 0 Å². The van der Waals surface area contributed by atoms with Crippen LogP contribution in [0.5, 0.6) is 0 Å². The maximum Gasteiger partial charge on any atom is 0.525 e. The molecule has 1 fully saturated rings. The lowest BCUT2D eigenvalue weighted by Crippen LogP contribution is -2.41. The maximum atomic E-state index is 14.9. The molecule has 4 nitrogen and oxygen atoms in total. The zero-order chi connectivity index (χ0) is 19.5. The Morgan fingerprint density at radius 1 is 1.23 bits per heavy atom. The molecule has 0 atom stereocenters. The highest BCUT2D eigenvalue weighted by Gasteiger charge is 2.53. The van der Waals surface area contributed by atoms with Crippen molar-refractivity contribution >= 4 is 18.7 Å². The smallest absolute Gasteiger partial charge is 0.456 e. The maximum absolute atomic E-state index is 14.9. The highest BCUT2D eigenvalue weighted by Crippen LogP contribution is 2.40. The average molecular weight is 358 g/mol. The topological polar surface area (TPSA) is 44.8 Å². The summed E-state index contributed by atoms with van der Waals surface area (Å²) in [6.45, 7) is 11.2. The van der Waals surface area contributed by atoms with Gasteiger partial charge in [-0.1, -0.05) is 18.1 Å². The number of allylic oxidation sites excluding steroid dienone is 1. The Kier molecular flexibility index (Phi) is 5.95. The first-order chi connectivity index (χ1) is 12.1. The van der Waals surface area contributed by atoms with Gasteiger partial charge in [-0.05, 0) is 64.8 Å². The largest absolute Gasteiger partial charge is 0.525 e. The van der Waals surface area contributed by atoms with Crippen molar-refractivity contribution in [2.45, 2.75) is 52.7 Å². The minimum Gasteiger partial charge on any atom is -0.456 e. The molecule has 0 saturated carbocycles. The first-order valence-corrected chi connectivity index (χ1v) is 8.58. The van der Waals surface area contributed by atoms with Crippen molar-refractivity contribution in [1.29, 1.82) is 0 Å². The molecule has 26 heavy (non-hydrogen) atoms. The van der Waals surface area contributed by atoms with E-state index in [-0.39, 0.29) is 6.61 Å². The molecular weight excluding hydrogens is 334 g/mol. The summed E-state index contributed by atoms with van der Waals surface area (Å²) >= 11 is 0. The van der Waals surface area contributed by atoms with E-state index in [1.807, 2.05) is 27.7 Å². The SMILES string of the molecule is CCOC(=O)C#Cc1cccc(C(C)=C(F)B2OC(C)(C)C(C)(C)O2)c1. The van der Waals surface area contributed by atoms with E-state index in [2.05, 4.69) is 11.8 Å². The van der Waals surface area contributed by atoms with Gasteiger partial charge in [0.15, 0.2) is 0 Å². The van der Waals surface area contributed by atoms with Gasteiger partial charge in [-0.3, -0.25) is 0 Å². The van der Waals surface area contributed by atoms with Crippen LogP contribution < -0.4 is 0 Å². The minimum atomic E-state index is -1.05. The Hall–Kier alpha value is -2.10. The van der Waals surface area contributed by atoms with E-state index >= 15 is 0 Å². The molecule has 0 spiro atoms. The number of benzene rings is 1. The standard InChI is InChI=1S/C20H24BFO4/c1-7-24-17(23)12-11-15-9-8-10-16(13-15)14(2)18(22)21-25-19(3,4)20(5,6)26-21/h8-10,13H,7H2,1-6H3. The summed E-state index contributed by atoms with van der Waals surface area (Å²) in [5, 5.41) is 0. The Morgan fingerprint density at radius 3 is 2.42 bits per heavy atom. The molecule has 0 bridgehead atoms. The molecule has 0 unspecified atom stereocenters. The van der Waals surface area contributed by atoms with Gasteiger partial charge >= 0.3 is 13.1 Å². The number of carbonyl (C=O) groups is 1. The van der Waals surface area contributed by atoms with Crippen molar-refractivity contribution in [3.05, 3.63) is 41.1 Å². The van der Waals surface area contributed by atoms with Gasteiger partial charge in [0.05, 0.1) is 17.8 Å². The third-order valence-corrected chi connectivity index (χ3v) is 4.70. The van der Waals surface area contributed by atoms with Crippen molar-refractivity contribution < 1.29 is 23.2 Å². The Morgan fingerprint density at radius 2 is 1.85 bits per heavy atom. The van der Waals surface area contributed by atoms with Gasteiger partial charge in [-0.15, -0.1) is 0 Å². The highest BCUT2D eigenvalue weighted by molar-refractivity contribution is 6.55. The van der Waals surface area contributed by atoms with E-state index in [0.29, 0.717) is 16.7 Å². The number of ether oxygens (including phenoxy) is 1. The van der Waals surface area contributed by atoms with Crippen LogP contribution in [0.2, 0.25) is 0 Å². The molecule has 1 heterocycles. The third kappa shape index (κ3) is 4.35. The Bertz CT molecular complexity index is 770. The van der Waals surface area contributed by atoms with Gasteiger partial charge in [0, 0.05) is 11.5 Å². The van der Waals surface area contributed by atoms with Crippen molar-refractivity contribution in [3.8, 4) is 11.8 Å². The molecule has 0 radical (unpaired) electrons. The molecular formula is C20H24BFO4. The van der Waals surface area contributed by atoms with E-state index in [4.69, 9.17) is 14.0 Å². The summed E-state index contributed by atoms with van der Waals surface area (Å²) < 4.78 is 31.2.